The van der Waals surface area contributed by atoms with Gasteiger partial charge in [-0.1, -0.05) is 43.6 Å². The molecule has 0 aliphatic carbocycles. The van der Waals surface area contributed by atoms with Crippen LogP contribution in [0.2, 0.25) is 5.02 Å². The molecule has 0 amide bonds. The lowest BCUT2D eigenvalue weighted by Crippen LogP contribution is -2.33. The van der Waals surface area contributed by atoms with Crippen molar-refractivity contribution < 1.29 is 8.42 Å². The molecule has 3 rings (SSSR count). The van der Waals surface area contributed by atoms with E-state index < -0.39 is 10.0 Å². The molecule has 4 nitrogen and oxygen atoms in total. The Balaban J connectivity index is 1.96. The van der Waals surface area contributed by atoms with E-state index in [1.165, 1.54) is 16.4 Å². The maximum absolute atomic E-state index is 13.3. The maximum Gasteiger partial charge on any atom is 0.264 e. The van der Waals surface area contributed by atoms with Gasteiger partial charge in [0.1, 0.15) is 0 Å². The molecule has 0 saturated heterocycles. The largest absolute Gasteiger partial charge is 0.266 e. The zero-order valence-electron chi connectivity index (χ0n) is 15.9. The minimum absolute atomic E-state index is 0.214. The summed E-state index contributed by atoms with van der Waals surface area (Å²) in [6.07, 6.45) is 2.23. The Kier molecular flexibility index (Phi) is 6.37. The van der Waals surface area contributed by atoms with E-state index in [4.69, 9.17) is 11.6 Å². The van der Waals surface area contributed by atoms with Gasteiger partial charge in [0.15, 0.2) is 0 Å². The van der Waals surface area contributed by atoms with E-state index >= 15 is 0 Å². The van der Waals surface area contributed by atoms with Gasteiger partial charge in [-0.3, -0.25) is 9.29 Å². The quantitative estimate of drug-likeness (QED) is 0.527. The summed E-state index contributed by atoms with van der Waals surface area (Å²) >= 11 is 5.93. The zero-order valence-corrected chi connectivity index (χ0v) is 17.5. The van der Waals surface area contributed by atoms with Crippen molar-refractivity contribution in [3.05, 3.63) is 89.2 Å². The molecule has 0 aliphatic heterocycles. The summed E-state index contributed by atoms with van der Waals surface area (Å²) < 4.78 is 28.1. The van der Waals surface area contributed by atoms with Crippen LogP contribution in [0.4, 0.5) is 5.69 Å². The van der Waals surface area contributed by atoms with E-state index in [0.29, 0.717) is 29.6 Å². The lowest BCUT2D eigenvalue weighted by atomic mass is 10.0. The third-order valence-electron chi connectivity index (χ3n) is 4.55. The average molecular weight is 415 g/mol. The van der Waals surface area contributed by atoms with Gasteiger partial charge in [-0.2, -0.15) is 0 Å². The minimum Gasteiger partial charge on any atom is -0.266 e. The molecule has 1 aromatic heterocycles. The van der Waals surface area contributed by atoms with Crippen LogP contribution in [0.5, 0.6) is 0 Å². The van der Waals surface area contributed by atoms with Gasteiger partial charge in [0.25, 0.3) is 10.0 Å². The van der Waals surface area contributed by atoms with E-state index in [2.05, 4.69) is 18.8 Å². The van der Waals surface area contributed by atoms with Crippen molar-refractivity contribution in [2.45, 2.75) is 31.1 Å². The number of rotatable bonds is 7. The Labute approximate surface area is 171 Å². The molecule has 3 aromatic rings. The minimum atomic E-state index is -3.73. The van der Waals surface area contributed by atoms with Crippen LogP contribution >= 0.6 is 11.6 Å². The molecule has 0 aliphatic rings. The third-order valence-corrected chi connectivity index (χ3v) is 6.64. The number of nitrogens with zero attached hydrogens (tertiary/aromatic N) is 2. The molecule has 1 heterocycles. The van der Waals surface area contributed by atoms with E-state index in [9.17, 15) is 8.42 Å². The fourth-order valence-corrected chi connectivity index (χ4v) is 4.50. The first-order valence-corrected chi connectivity index (χ1v) is 11.0. The number of hydrogen-bond acceptors (Lipinski definition) is 3. The summed E-state index contributed by atoms with van der Waals surface area (Å²) in [5.41, 5.74) is 2.64. The number of sulfonamides is 1. The molecule has 0 atom stereocenters. The number of aromatic nitrogens is 1. The van der Waals surface area contributed by atoms with Gasteiger partial charge in [-0.25, -0.2) is 8.42 Å². The molecule has 0 radical (unpaired) electrons. The number of halogens is 1. The predicted octanol–water partition coefficient (Wildman–Crippen LogP) is 5.30. The lowest BCUT2D eigenvalue weighted by Gasteiger charge is -2.25. The highest BCUT2D eigenvalue weighted by Gasteiger charge is 2.25. The summed E-state index contributed by atoms with van der Waals surface area (Å²) in [5, 5.41) is 0.500. The highest BCUT2D eigenvalue weighted by Crippen LogP contribution is 2.27. The van der Waals surface area contributed by atoms with Crippen LogP contribution in [0.1, 0.15) is 31.0 Å². The molecule has 0 saturated carbocycles. The van der Waals surface area contributed by atoms with Crippen molar-refractivity contribution in [2.24, 2.45) is 0 Å². The molecule has 0 bridgehead atoms. The first-order valence-electron chi connectivity index (χ1n) is 9.16. The van der Waals surface area contributed by atoms with Crippen molar-refractivity contribution in [3.63, 3.8) is 0 Å². The monoisotopic (exact) mass is 414 g/mol. The molecule has 146 valence electrons. The van der Waals surface area contributed by atoms with Gasteiger partial charge in [-0.15, -0.1) is 0 Å². The summed E-state index contributed by atoms with van der Waals surface area (Å²) in [6.45, 7) is 4.51. The molecule has 28 heavy (non-hydrogen) atoms. The molecule has 6 heteroatoms. The zero-order chi connectivity index (χ0) is 20.1. The van der Waals surface area contributed by atoms with Gasteiger partial charge in [0, 0.05) is 29.9 Å². The number of hydrogen-bond donors (Lipinski definition) is 0. The molecule has 0 N–H and O–H groups in total. The number of pyridine rings is 1. The first kappa shape index (κ1) is 20.4. The highest BCUT2D eigenvalue weighted by atomic mass is 35.5. The highest BCUT2D eigenvalue weighted by molar-refractivity contribution is 7.92. The summed E-state index contributed by atoms with van der Waals surface area (Å²) in [5.74, 6) is 0.379. The second kappa shape index (κ2) is 8.76. The van der Waals surface area contributed by atoms with Gasteiger partial charge in [0.05, 0.1) is 10.6 Å². The predicted molar refractivity (Wildman–Crippen MR) is 114 cm³/mol. The Morgan fingerprint density at radius 1 is 0.964 bits per heavy atom. The molecule has 2 aromatic carbocycles. The summed E-state index contributed by atoms with van der Waals surface area (Å²) in [6, 6.07) is 19.6. The number of anilines is 1. The molecule has 0 spiro atoms. The topological polar surface area (TPSA) is 50.3 Å². The van der Waals surface area contributed by atoms with Crippen LogP contribution in [0.3, 0.4) is 0 Å². The van der Waals surface area contributed by atoms with Crippen LogP contribution in [0.15, 0.2) is 77.8 Å². The second-order valence-corrected chi connectivity index (χ2v) is 9.15. The van der Waals surface area contributed by atoms with Crippen molar-refractivity contribution in [2.75, 3.05) is 10.8 Å². The van der Waals surface area contributed by atoms with E-state index in [1.54, 1.807) is 18.3 Å². The SMILES string of the molecule is CC(C)c1ccc(N(CCc2ccccn2)S(=O)(=O)c2ccc(Cl)cc2)cc1. The summed E-state index contributed by atoms with van der Waals surface area (Å²) in [4.78, 5) is 4.52. The standard InChI is InChI=1S/C22H23ClN2O2S/c1-17(2)18-6-10-21(11-7-18)25(16-14-20-5-3-4-15-24-20)28(26,27)22-12-8-19(23)9-13-22/h3-13,15,17H,14,16H2,1-2H3. The van der Waals surface area contributed by atoms with Crippen LogP contribution in [0.25, 0.3) is 0 Å². The van der Waals surface area contributed by atoms with E-state index in [0.717, 1.165) is 11.3 Å². The first-order chi connectivity index (χ1) is 13.4. The normalized spacial score (nSPS) is 11.6. The maximum atomic E-state index is 13.3. The van der Waals surface area contributed by atoms with Gasteiger partial charge in [0.2, 0.25) is 0 Å². The van der Waals surface area contributed by atoms with Crippen LogP contribution in [0, 0.1) is 0 Å². The fourth-order valence-electron chi connectivity index (χ4n) is 2.91. The smallest absolute Gasteiger partial charge is 0.264 e. The molecule has 0 unspecified atom stereocenters. The van der Waals surface area contributed by atoms with Crippen molar-refractivity contribution in [1.29, 1.82) is 0 Å². The molecule has 0 fully saturated rings. The molecular formula is C22H23ClN2O2S. The van der Waals surface area contributed by atoms with Crippen LogP contribution in [-0.4, -0.2) is 19.9 Å². The Bertz CT molecular complexity index is 1000. The van der Waals surface area contributed by atoms with E-state index in [-0.39, 0.29) is 4.90 Å². The fraction of sp³-hybridized carbons (Fsp3) is 0.227. The van der Waals surface area contributed by atoms with Crippen molar-refractivity contribution in [1.82, 2.24) is 4.98 Å². The van der Waals surface area contributed by atoms with E-state index in [1.807, 2.05) is 42.5 Å². The Morgan fingerprint density at radius 3 is 2.21 bits per heavy atom. The summed E-state index contributed by atoms with van der Waals surface area (Å²) in [7, 11) is -3.73. The van der Waals surface area contributed by atoms with Gasteiger partial charge < -0.3 is 0 Å². The van der Waals surface area contributed by atoms with Crippen LogP contribution < -0.4 is 4.31 Å². The molecular weight excluding hydrogens is 392 g/mol. The van der Waals surface area contributed by atoms with Gasteiger partial charge >= 0.3 is 0 Å². The Hall–Kier alpha value is -2.37. The average Bonchev–Trinajstić information content (AvgIpc) is 2.69. The number of benzene rings is 2. The van der Waals surface area contributed by atoms with Gasteiger partial charge in [-0.05, 0) is 60.0 Å². The second-order valence-electron chi connectivity index (χ2n) is 6.85. The lowest BCUT2D eigenvalue weighted by molar-refractivity contribution is 0.590. The third kappa shape index (κ3) is 4.72. The van der Waals surface area contributed by atoms with Crippen LogP contribution in [-0.2, 0) is 16.4 Å². The van der Waals surface area contributed by atoms with Crippen molar-refractivity contribution in [3.8, 4) is 0 Å². The Morgan fingerprint density at radius 2 is 1.64 bits per heavy atom. The van der Waals surface area contributed by atoms with Crippen molar-refractivity contribution >= 4 is 27.3 Å².